The lowest BCUT2D eigenvalue weighted by molar-refractivity contribution is -0.0328. The molecule has 174 valence electrons. The molecule has 2 aromatic rings. The molecule has 0 saturated carbocycles. The molecule has 5 atom stereocenters. The van der Waals surface area contributed by atoms with Gasteiger partial charge in [0.2, 0.25) is 0 Å². The molecule has 20 heteroatoms. The normalized spacial score (nSPS) is 26.0. The number of aliphatic hydroxyl groups excluding tert-OH is 1. The first kappa shape index (κ1) is 24.3. The summed E-state index contributed by atoms with van der Waals surface area (Å²) >= 11 is 0. The minimum atomic E-state index is -5.63. The van der Waals surface area contributed by atoms with E-state index in [4.69, 9.17) is 25.2 Å². The van der Waals surface area contributed by atoms with Crippen LogP contribution in [0.15, 0.2) is 12.7 Å². The third-order valence-corrected chi connectivity index (χ3v) is 7.91. The van der Waals surface area contributed by atoms with Gasteiger partial charge in [-0.05, 0) is 0 Å². The molecule has 17 nitrogen and oxygen atoms in total. The fraction of sp³-hybridized carbons (Fsp3) is 0.545. The Labute approximate surface area is 173 Å². The Kier molecular flexibility index (Phi) is 6.99. The van der Waals surface area contributed by atoms with Gasteiger partial charge < -0.3 is 35.2 Å². The van der Waals surface area contributed by atoms with Crippen molar-refractivity contribution in [1.29, 1.82) is 0 Å². The summed E-state index contributed by atoms with van der Waals surface area (Å²) in [4.78, 5) is 47.8. The standard InChI is InChI=1S/C11H18N5O12P3/c12-10-9-11(14-4-13-10)16(5-15-9)8-1-6(2-17)7(26-8)3-25-30(21,22)28-31(23,24)27-29(18,19)20/h4-8,17H,1-3H2,(H,21,22)(H,23,24)(H2,12,13,14)(H2,18,19,20). The number of phosphoric ester groups is 1. The Hall–Kier alpha value is -1.32. The van der Waals surface area contributed by atoms with E-state index in [-0.39, 0.29) is 12.2 Å². The second-order valence-corrected chi connectivity index (χ2v) is 10.7. The number of phosphoric acid groups is 3. The Bertz CT molecular complexity index is 1090. The van der Waals surface area contributed by atoms with Crippen LogP contribution in [-0.4, -0.2) is 63.5 Å². The van der Waals surface area contributed by atoms with Gasteiger partial charge in [-0.3, -0.25) is 9.09 Å². The Morgan fingerprint density at radius 1 is 1.13 bits per heavy atom. The summed E-state index contributed by atoms with van der Waals surface area (Å²) in [6.45, 7) is -1.08. The van der Waals surface area contributed by atoms with Crippen molar-refractivity contribution in [1.82, 2.24) is 19.5 Å². The number of fused-ring (bicyclic) bond motifs is 1. The summed E-state index contributed by atoms with van der Waals surface area (Å²) in [6.07, 6.45) is 1.14. The van der Waals surface area contributed by atoms with Crippen molar-refractivity contribution >= 4 is 40.4 Å². The predicted octanol–water partition coefficient (Wildman–Crippen LogP) is -0.352. The molecule has 7 N–H and O–H groups in total. The predicted molar refractivity (Wildman–Crippen MR) is 98.7 cm³/mol. The molecule has 2 aromatic heterocycles. The van der Waals surface area contributed by atoms with Gasteiger partial charge in [0.15, 0.2) is 11.5 Å². The van der Waals surface area contributed by atoms with Gasteiger partial charge in [0.05, 0.1) is 19.0 Å². The quantitative estimate of drug-likeness (QED) is 0.238. The highest BCUT2D eigenvalue weighted by molar-refractivity contribution is 7.66. The number of rotatable bonds is 9. The number of nitrogen functional groups attached to an aromatic ring is 1. The van der Waals surface area contributed by atoms with Crippen molar-refractivity contribution in [2.45, 2.75) is 18.8 Å². The highest BCUT2D eigenvalue weighted by Gasteiger charge is 2.43. The smallest absolute Gasteiger partial charge is 0.396 e. The van der Waals surface area contributed by atoms with Crippen LogP contribution in [0, 0.1) is 5.92 Å². The van der Waals surface area contributed by atoms with Gasteiger partial charge in [0, 0.05) is 18.9 Å². The average molecular weight is 505 g/mol. The van der Waals surface area contributed by atoms with Crippen LogP contribution < -0.4 is 5.73 Å². The van der Waals surface area contributed by atoms with Crippen LogP contribution in [0.1, 0.15) is 12.6 Å². The van der Waals surface area contributed by atoms with E-state index in [1.54, 1.807) is 0 Å². The second kappa shape index (κ2) is 8.90. The van der Waals surface area contributed by atoms with Gasteiger partial charge >= 0.3 is 23.5 Å². The van der Waals surface area contributed by atoms with Gasteiger partial charge in [-0.2, -0.15) is 8.62 Å². The van der Waals surface area contributed by atoms with Crippen molar-refractivity contribution in [2.24, 2.45) is 5.92 Å². The number of imidazole rings is 1. The second-order valence-electron chi connectivity index (χ2n) is 6.28. The van der Waals surface area contributed by atoms with E-state index < -0.39 is 54.9 Å². The van der Waals surface area contributed by atoms with E-state index >= 15 is 0 Å². The first-order valence-corrected chi connectivity index (χ1v) is 12.8. The summed E-state index contributed by atoms with van der Waals surface area (Å²) in [5.41, 5.74) is 6.40. The van der Waals surface area contributed by atoms with Crippen molar-refractivity contribution in [3.05, 3.63) is 12.7 Å². The van der Waals surface area contributed by atoms with Crippen LogP contribution in [0.3, 0.4) is 0 Å². The molecular formula is C11H18N5O12P3. The topological polar surface area (TPSA) is 259 Å². The van der Waals surface area contributed by atoms with Crippen LogP contribution >= 0.6 is 23.5 Å². The Morgan fingerprint density at radius 3 is 2.48 bits per heavy atom. The molecule has 0 aliphatic carbocycles. The van der Waals surface area contributed by atoms with Crippen LogP contribution in [-0.2, 0) is 31.6 Å². The third-order valence-electron chi connectivity index (χ3n) is 4.11. The van der Waals surface area contributed by atoms with E-state index in [0.29, 0.717) is 11.2 Å². The van der Waals surface area contributed by atoms with E-state index in [1.807, 2.05) is 0 Å². The van der Waals surface area contributed by atoms with Gasteiger partial charge in [-0.15, -0.1) is 0 Å². The molecule has 3 rings (SSSR count). The molecule has 0 spiro atoms. The van der Waals surface area contributed by atoms with Gasteiger partial charge in [0.1, 0.15) is 18.1 Å². The molecular weight excluding hydrogens is 487 g/mol. The van der Waals surface area contributed by atoms with Crippen molar-refractivity contribution in [3.63, 3.8) is 0 Å². The minimum Gasteiger partial charge on any atom is -0.396 e. The maximum absolute atomic E-state index is 11.9. The number of aliphatic hydroxyl groups is 1. The molecule has 1 aliphatic rings. The number of nitrogens with zero attached hydrogens (tertiary/aromatic N) is 4. The first-order chi connectivity index (χ1) is 14.3. The van der Waals surface area contributed by atoms with Crippen molar-refractivity contribution < 1.29 is 56.3 Å². The molecule has 1 aliphatic heterocycles. The zero-order valence-corrected chi connectivity index (χ0v) is 18.0. The number of nitrogens with two attached hydrogens (primary N) is 1. The summed E-state index contributed by atoms with van der Waals surface area (Å²) < 4.78 is 53.0. The zero-order valence-electron chi connectivity index (χ0n) is 15.3. The van der Waals surface area contributed by atoms with Crippen LogP contribution in [0.2, 0.25) is 0 Å². The number of aromatic nitrogens is 4. The Balaban J connectivity index is 1.67. The van der Waals surface area contributed by atoms with Crippen molar-refractivity contribution in [2.75, 3.05) is 18.9 Å². The molecule has 1 fully saturated rings. The molecule has 0 aromatic carbocycles. The van der Waals surface area contributed by atoms with E-state index in [0.717, 1.165) is 0 Å². The summed E-state index contributed by atoms with van der Waals surface area (Å²) in [5.74, 6) is -0.446. The highest BCUT2D eigenvalue weighted by atomic mass is 31.3. The van der Waals surface area contributed by atoms with Gasteiger partial charge in [0.25, 0.3) is 0 Å². The maximum Gasteiger partial charge on any atom is 0.490 e. The van der Waals surface area contributed by atoms with E-state index in [2.05, 4.69) is 28.1 Å². The van der Waals surface area contributed by atoms with E-state index in [1.165, 1.54) is 17.2 Å². The average Bonchev–Trinajstić information content (AvgIpc) is 3.21. The zero-order chi connectivity index (χ0) is 23.0. The lowest BCUT2D eigenvalue weighted by Crippen LogP contribution is -2.24. The molecule has 0 bridgehead atoms. The highest BCUT2D eigenvalue weighted by Crippen LogP contribution is 2.66. The summed E-state index contributed by atoms with van der Waals surface area (Å²) in [7, 11) is -16.4. The first-order valence-electron chi connectivity index (χ1n) is 8.28. The molecule has 0 amide bonds. The fourth-order valence-electron chi connectivity index (χ4n) is 2.88. The van der Waals surface area contributed by atoms with Crippen molar-refractivity contribution in [3.8, 4) is 0 Å². The largest absolute Gasteiger partial charge is 0.490 e. The number of anilines is 1. The fourth-order valence-corrected chi connectivity index (χ4v) is 5.91. The molecule has 1 saturated heterocycles. The molecule has 5 unspecified atom stereocenters. The molecule has 0 radical (unpaired) electrons. The van der Waals surface area contributed by atoms with Gasteiger partial charge in [-0.1, -0.05) is 0 Å². The van der Waals surface area contributed by atoms with Crippen LogP contribution in [0.4, 0.5) is 5.82 Å². The van der Waals surface area contributed by atoms with Crippen LogP contribution in [0.25, 0.3) is 11.2 Å². The number of hydrogen-bond acceptors (Lipinski definition) is 12. The van der Waals surface area contributed by atoms with E-state index in [9.17, 15) is 23.7 Å². The molecule has 31 heavy (non-hydrogen) atoms. The lowest BCUT2D eigenvalue weighted by Gasteiger charge is -2.20. The monoisotopic (exact) mass is 505 g/mol. The van der Waals surface area contributed by atoms with Gasteiger partial charge in [-0.25, -0.2) is 28.6 Å². The third kappa shape index (κ3) is 6.14. The molecule has 3 heterocycles. The summed E-state index contributed by atoms with van der Waals surface area (Å²) in [6, 6.07) is 0. The lowest BCUT2D eigenvalue weighted by atomic mass is 10.0. The minimum absolute atomic E-state index is 0.143. The SMILES string of the molecule is Nc1ncnc2c1ncn2C1CC(CO)C(COP(=O)(O)OP(=O)(O)OP(=O)(O)O)O1. The number of ether oxygens (including phenoxy) is 1. The number of hydrogen-bond donors (Lipinski definition) is 6. The van der Waals surface area contributed by atoms with Crippen LogP contribution in [0.5, 0.6) is 0 Å². The maximum atomic E-state index is 11.9. The Morgan fingerprint density at radius 2 is 1.84 bits per heavy atom. The summed E-state index contributed by atoms with van der Waals surface area (Å²) in [5, 5.41) is 9.59.